The SMILES string of the molecule is CN1C[C@H]2c3ccccc3OCCCCOc3ccccc3C(=O)[C@@H]2[C@@]12C(=O)Nc1ccccc12. The topological polar surface area (TPSA) is 67.9 Å². The van der Waals surface area contributed by atoms with Crippen LogP contribution in [0.2, 0.25) is 0 Å². The predicted molar refractivity (Wildman–Crippen MR) is 133 cm³/mol. The van der Waals surface area contributed by atoms with Crippen LogP contribution in [0.4, 0.5) is 5.69 Å². The molecule has 3 aliphatic heterocycles. The molecule has 0 unspecified atom stereocenters. The number of nitrogens with one attached hydrogen (secondary N) is 1. The number of fused-ring (bicyclic) bond motifs is 7. The maximum Gasteiger partial charge on any atom is 0.250 e. The fraction of sp³-hybridized carbons (Fsp3) is 0.310. The lowest BCUT2D eigenvalue weighted by molar-refractivity contribution is -0.126. The van der Waals surface area contributed by atoms with E-state index in [1.165, 1.54) is 0 Å². The first-order valence-corrected chi connectivity index (χ1v) is 12.2. The Labute approximate surface area is 204 Å². The third-order valence-electron chi connectivity index (χ3n) is 7.66. The number of rotatable bonds is 0. The molecule has 3 atom stereocenters. The molecule has 178 valence electrons. The van der Waals surface area contributed by atoms with Crippen molar-refractivity contribution >= 4 is 17.4 Å². The molecule has 1 spiro atoms. The Bertz CT molecular complexity index is 1310. The summed E-state index contributed by atoms with van der Waals surface area (Å²) in [6.07, 6.45) is 1.66. The molecular weight excluding hydrogens is 440 g/mol. The highest BCUT2D eigenvalue weighted by molar-refractivity contribution is 6.13. The third kappa shape index (κ3) is 3.27. The first kappa shape index (κ1) is 21.9. The average Bonchev–Trinajstić information content (AvgIpc) is 3.35. The number of likely N-dealkylation sites (tertiary alicyclic amines) is 1. The van der Waals surface area contributed by atoms with E-state index in [-0.39, 0.29) is 17.6 Å². The van der Waals surface area contributed by atoms with E-state index in [4.69, 9.17) is 9.47 Å². The van der Waals surface area contributed by atoms with Gasteiger partial charge in [0, 0.05) is 23.7 Å². The van der Waals surface area contributed by atoms with Crippen LogP contribution in [0, 0.1) is 5.92 Å². The summed E-state index contributed by atoms with van der Waals surface area (Å²) in [5.74, 6) is 0.196. The monoisotopic (exact) mass is 468 g/mol. The number of hydrogen-bond acceptors (Lipinski definition) is 5. The van der Waals surface area contributed by atoms with Gasteiger partial charge in [0.25, 0.3) is 0 Å². The highest BCUT2D eigenvalue weighted by Crippen LogP contribution is 2.56. The molecule has 3 aliphatic rings. The quantitative estimate of drug-likeness (QED) is 0.522. The molecule has 0 saturated carbocycles. The van der Waals surface area contributed by atoms with Gasteiger partial charge in [-0.15, -0.1) is 0 Å². The fourth-order valence-electron chi connectivity index (χ4n) is 6.13. The van der Waals surface area contributed by atoms with Gasteiger partial charge in [-0.05, 0) is 49.7 Å². The number of nitrogens with zero attached hydrogens (tertiary/aromatic N) is 1. The van der Waals surface area contributed by atoms with Crippen LogP contribution in [0.3, 0.4) is 0 Å². The number of carbonyl (C=O) groups excluding carboxylic acids is 2. The van der Waals surface area contributed by atoms with Crippen molar-refractivity contribution in [2.24, 2.45) is 5.92 Å². The molecule has 3 aromatic carbocycles. The molecular formula is C29H28N2O4. The maximum absolute atomic E-state index is 14.6. The van der Waals surface area contributed by atoms with Gasteiger partial charge in [-0.1, -0.05) is 48.5 Å². The van der Waals surface area contributed by atoms with E-state index in [2.05, 4.69) is 5.32 Å². The lowest BCUT2D eigenvalue weighted by atomic mass is 9.70. The predicted octanol–water partition coefficient (Wildman–Crippen LogP) is 4.61. The number of amides is 1. The van der Waals surface area contributed by atoms with Gasteiger partial charge in [-0.3, -0.25) is 14.5 Å². The van der Waals surface area contributed by atoms with Crippen molar-refractivity contribution in [2.45, 2.75) is 24.3 Å². The number of hydrogen-bond donors (Lipinski definition) is 1. The summed E-state index contributed by atoms with van der Waals surface area (Å²) in [7, 11) is 1.94. The second-order valence-corrected chi connectivity index (χ2v) is 9.53. The Balaban J connectivity index is 1.60. The van der Waals surface area contributed by atoms with Gasteiger partial charge < -0.3 is 14.8 Å². The zero-order chi connectivity index (χ0) is 24.0. The van der Waals surface area contributed by atoms with Crippen LogP contribution in [0.1, 0.15) is 40.2 Å². The first-order chi connectivity index (χ1) is 17.1. The Morgan fingerprint density at radius 1 is 0.857 bits per heavy atom. The van der Waals surface area contributed by atoms with Crippen LogP contribution in [-0.2, 0) is 10.3 Å². The second kappa shape index (κ2) is 8.54. The van der Waals surface area contributed by atoms with Gasteiger partial charge in [0.15, 0.2) is 5.78 Å². The Kier molecular flexibility index (Phi) is 5.33. The zero-order valence-corrected chi connectivity index (χ0v) is 19.7. The highest BCUT2D eigenvalue weighted by atomic mass is 16.5. The summed E-state index contributed by atoms with van der Waals surface area (Å²) in [6, 6.07) is 23.1. The number of ketones is 1. The van der Waals surface area contributed by atoms with Crippen LogP contribution in [-0.4, -0.2) is 43.4 Å². The Morgan fingerprint density at radius 3 is 2.34 bits per heavy atom. The molecule has 3 aromatic rings. The molecule has 6 rings (SSSR count). The standard InChI is InChI=1S/C29H28N2O4/c1-31-18-21-19-10-2-6-14-24(19)34-16-8-9-17-35-25-15-7-3-11-20(25)27(32)26(21)29(31)22-12-4-5-13-23(22)30-28(29)33/h2-7,10-15,21,26H,8-9,16-18H2,1H3,(H,30,33)/t21-,26+,29-/m0/s1. The van der Waals surface area contributed by atoms with Crippen molar-refractivity contribution in [2.75, 3.05) is 32.1 Å². The Hall–Kier alpha value is -3.64. The molecule has 0 radical (unpaired) electrons. The molecule has 1 fully saturated rings. The van der Waals surface area contributed by atoms with Crippen LogP contribution in [0.25, 0.3) is 0 Å². The van der Waals surface area contributed by atoms with Crippen LogP contribution in [0.15, 0.2) is 72.8 Å². The number of carbonyl (C=O) groups is 2. The molecule has 1 saturated heterocycles. The zero-order valence-electron chi connectivity index (χ0n) is 19.7. The molecule has 1 N–H and O–H groups in total. The number of ether oxygens (including phenoxy) is 2. The average molecular weight is 469 g/mol. The first-order valence-electron chi connectivity index (χ1n) is 12.2. The summed E-state index contributed by atoms with van der Waals surface area (Å²) >= 11 is 0. The highest BCUT2D eigenvalue weighted by Gasteiger charge is 2.64. The van der Waals surface area contributed by atoms with Gasteiger partial charge in [-0.2, -0.15) is 0 Å². The fourth-order valence-corrected chi connectivity index (χ4v) is 6.13. The smallest absolute Gasteiger partial charge is 0.250 e. The Morgan fingerprint density at radius 2 is 1.51 bits per heavy atom. The lowest BCUT2D eigenvalue weighted by Crippen LogP contribution is -2.51. The van der Waals surface area contributed by atoms with Gasteiger partial charge in [0.2, 0.25) is 5.91 Å². The largest absolute Gasteiger partial charge is 0.493 e. The van der Waals surface area contributed by atoms with E-state index >= 15 is 0 Å². The second-order valence-electron chi connectivity index (χ2n) is 9.53. The number of benzene rings is 3. The minimum absolute atomic E-state index is 0.0872. The number of Topliss-reactive ketones (excluding diaryl/α,β-unsaturated/α-hetero) is 1. The minimum atomic E-state index is -1.13. The van der Waals surface area contributed by atoms with E-state index < -0.39 is 11.5 Å². The van der Waals surface area contributed by atoms with E-state index in [0.29, 0.717) is 31.1 Å². The van der Waals surface area contributed by atoms with E-state index in [1.54, 1.807) is 0 Å². The molecule has 0 aliphatic carbocycles. The van der Waals surface area contributed by atoms with Crippen molar-refractivity contribution in [1.82, 2.24) is 4.90 Å². The van der Waals surface area contributed by atoms with Gasteiger partial charge in [-0.25, -0.2) is 0 Å². The number of anilines is 1. The summed E-state index contributed by atoms with van der Waals surface area (Å²) < 4.78 is 12.3. The van der Waals surface area contributed by atoms with Crippen molar-refractivity contribution in [3.05, 3.63) is 89.5 Å². The van der Waals surface area contributed by atoms with Gasteiger partial charge in [0.1, 0.15) is 17.0 Å². The van der Waals surface area contributed by atoms with Crippen molar-refractivity contribution in [3.63, 3.8) is 0 Å². The van der Waals surface area contributed by atoms with Gasteiger partial charge >= 0.3 is 0 Å². The van der Waals surface area contributed by atoms with Crippen molar-refractivity contribution in [3.8, 4) is 11.5 Å². The van der Waals surface area contributed by atoms with E-state index in [0.717, 1.165) is 35.4 Å². The van der Waals surface area contributed by atoms with E-state index in [9.17, 15) is 9.59 Å². The minimum Gasteiger partial charge on any atom is -0.493 e. The molecule has 1 amide bonds. The third-order valence-corrected chi connectivity index (χ3v) is 7.66. The lowest BCUT2D eigenvalue weighted by Gasteiger charge is -2.35. The van der Waals surface area contributed by atoms with Crippen LogP contribution < -0.4 is 14.8 Å². The molecule has 0 bridgehead atoms. The summed E-state index contributed by atoms with van der Waals surface area (Å²) in [6.45, 7) is 1.61. The van der Waals surface area contributed by atoms with Crippen molar-refractivity contribution in [1.29, 1.82) is 0 Å². The number of likely N-dealkylation sites (N-methyl/N-ethyl adjacent to an activating group) is 1. The van der Waals surface area contributed by atoms with Crippen LogP contribution >= 0.6 is 0 Å². The molecule has 35 heavy (non-hydrogen) atoms. The number of para-hydroxylation sites is 3. The summed E-state index contributed by atoms with van der Waals surface area (Å²) in [4.78, 5) is 30.5. The summed E-state index contributed by atoms with van der Waals surface area (Å²) in [5.41, 5.74) is 1.96. The molecule has 3 heterocycles. The van der Waals surface area contributed by atoms with Crippen LogP contribution in [0.5, 0.6) is 11.5 Å². The molecule has 6 nitrogen and oxygen atoms in total. The molecule has 0 aromatic heterocycles. The van der Waals surface area contributed by atoms with Crippen molar-refractivity contribution < 1.29 is 19.1 Å². The van der Waals surface area contributed by atoms with E-state index in [1.807, 2.05) is 84.7 Å². The summed E-state index contributed by atoms with van der Waals surface area (Å²) in [5, 5.41) is 3.06. The maximum atomic E-state index is 14.6. The molecule has 6 heteroatoms. The van der Waals surface area contributed by atoms with Gasteiger partial charge in [0.05, 0.1) is 24.7 Å². The normalized spacial score (nSPS) is 26.1.